The molecule has 0 aliphatic rings. The summed E-state index contributed by atoms with van der Waals surface area (Å²) in [7, 11) is 0. The molecule has 2 rings (SSSR count). The van der Waals surface area contributed by atoms with Crippen LogP contribution < -0.4 is 0 Å². The quantitative estimate of drug-likeness (QED) is 0.690. The van der Waals surface area contributed by atoms with Gasteiger partial charge in [0.05, 0.1) is 11.8 Å². The SMILES string of the molecule is CCN(C(=O)O)C(=O)C(C#N)N=Nc1ccc(C(C)(C#N)c2ccc(F)cc2)c(F)c1. The maximum absolute atomic E-state index is 14.8. The molecule has 0 heterocycles. The lowest BCUT2D eigenvalue weighted by Gasteiger charge is -2.23. The third-order valence-electron chi connectivity index (χ3n) is 4.59. The standard InChI is InChI=1S/C21H17F2N5O3/c1-3-28(20(30)31)19(29)18(11-24)27-26-15-8-9-16(17(23)10-15)21(2,12-25)13-4-6-14(22)7-5-13/h4-10,18H,3H2,1-2H3,(H,30,31). The van der Waals surface area contributed by atoms with Crippen LogP contribution >= 0.6 is 0 Å². The van der Waals surface area contributed by atoms with Crippen molar-refractivity contribution in [2.75, 3.05) is 6.54 Å². The molecule has 0 aromatic heterocycles. The first-order valence-corrected chi connectivity index (χ1v) is 9.00. The lowest BCUT2D eigenvalue weighted by atomic mass is 9.77. The molecular formula is C21H17F2N5O3. The van der Waals surface area contributed by atoms with Crippen molar-refractivity contribution in [2.45, 2.75) is 25.3 Å². The Morgan fingerprint density at radius 3 is 2.32 bits per heavy atom. The second-order valence-electron chi connectivity index (χ2n) is 6.52. The fraction of sp³-hybridized carbons (Fsp3) is 0.238. The molecule has 31 heavy (non-hydrogen) atoms. The Balaban J connectivity index is 2.34. The molecule has 0 fully saturated rings. The smallest absolute Gasteiger partial charge is 0.414 e. The third-order valence-corrected chi connectivity index (χ3v) is 4.59. The summed E-state index contributed by atoms with van der Waals surface area (Å²) in [5, 5.41) is 34.9. The summed E-state index contributed by atoms with van der Waals surface area (Å²) in [6.45, 7) is 2.72. The number of imide groups is 1. The Hall–Kier alpha value is -4.18. The summed E-state index contributed by atoms with van der Waals surface area (Å²) >= 11 is 0. The van der Waals surface area contributed by atoms with Crippen LogP contribution in [0, 0.1) is 34.3 Å². The number of carboxylic acid groups (broad SMARTS) is 1. The van der Waals surface area contributed by atoms with Crippen LogP contribution in [-0.4, -0.2) is 34.6 Å². The number of benzene rings is 2. The van der Waals surface area contributed by atoms with Gasteiger partial charge in [-0.3, -0.25) is 4.79 Å². The minimum atomic E-state index is -1.72. The zero-order chi connectivity index (χ0) is 23.2. The normalized spacial score (nSPS) is 13.6. The van der Waals surface area contributed by atoms with Crippen molar-refractivity contribution in [3.8, 4) is 12.1 Å². The van der Waals surface area contributed by atoms with Gasteiger partial charge >= 0.3 is 6.09 Å². The van der Waals surface area contributed by atoms with Gasteiger partial charge in [0.1, 0.15) is 23.1 Å². The molecule has 0 aliphatic carbocycles. The van der Waals surface area contributed by atoms with E-state index in [1.54, 1.807) is 6.07 Å². The number of hydrogen-bond donors (Lipinski definition) is 1. The van der Waals surface area contributed by atoms with E-state index in [1.807, 2.05) is 6.07 Å². The predicted molar refractivity (Wildman–Crippen MR) is 104 cm³/mol. The number of amides is 2. The van der Waals surface area contributed by atoms with Gasteiger partial charge in [0.25, 0.3) is 5.91 Å². The van der Waals surface area contributed by atoms with E-state index in [9.17, 15) is 23.6 Å². The average Bonchev–Trinajstić information content (AvgIpc) is 2.74. The molecule has 158 valence electrons. The van der Waals surface area contributed by atoms with Gasteiger partial charge in [0.2, 0.25) is 6.04 Å². The molecule has 1 N–H and O–H groups in total. The maximum atomic E-state index is 14.8. The fourth-order valence-electron chi connectivity index (χ4n) is 2.82. The Bertz CT molecular complexity index is 1110. The third kappa shape index (κ3) is 4.87. The molecule has 2 aromatic carbocycles. The molecular weight excluding hydrogens is 408 g/mol. The van der Waals surface area contributed by atoms with E-state index in [-0.39, 0.29) is 17.8 Å². The van der Waals surface area contributed by atoms with E-state index in [0.29, 0.717) is 10.5 Å². The Kier molecular flexibility index (Phi) is 7.11. The summed E-state index contributed by atoms with van der Waals surface area (Å²) in [5.74, 6) is -2.37. The first-order valence-electron chi connectivity index (χ1n) is 9.00. The van der Waals surface area contributed by atoms with E-state index in [1.165, 1.54) is 50.2 Å². The highest BCUT2D eigenvalue weighted by Gasteiger charge is 2.32. The van der Waals surface area contributed by atoms with Crippen molar-refractivity contribution in [2.24, 2.45) is 10.2 Å². The van der Waals surface area contributed by atoms with Crippen LogP contribution in [0.25, 0.3) is 0 Å². The minimum absolute atomic E-state index is 0.0107. The summed E-state index contributed by atoms with van der Waals surface area (Å²) in [5.41, 5.74) is -1.07. The van der Waals surface area contributed by atoms with Gasteiger partial charge in [-0.15, -0.1) is 0 Å². The van der Waals surface area contributed by atoms with Crippen LogP contribution in [0.15, 0.2) is 52.7 Å². The van der Waals surface area contributed by atoms with E-state index < -0.39 is 35.1 Å². The van der Waals surface area contributed by atoms with Gasteiger partial charge in [0.15, 0.2) is 0 Å². The molecule has 0 saturated heterocycles. The fourth-order valence-corrected chi connectivity index (χ4v) is 2.82. The van der Waals surface area contributed by atoms with Crippen molar-refractivity contribution >= 4 is 17.7 Å². The zero-order valence-corrected chi connectivity index (χ0v) is 16.6. The number of hydrogen-bond acceptors (Lipinski definition) is 6. The molecule has 0 radical (unpaired) electrons. The Morgan fingerprint density at radius 2 is 1.84 bits per heavy atom. The topological polar surface area (TPSA) is 130 Å². The molecule has 10 heteroatoms. The van der Waals surface area contributed by atoms with Gasteiger partial charge in [-0.2, -0.15) is 20.8 Å². The van der Waals surface area contributed by atoms with Gasteiger partial charge in [0, 0.05) is 18.2 Å². The molecule has 0 spiro atoms. The number of rotatable bonds is 6. The number of likely N-dealkylation sites (N-methyl/N-ethyl adjacent to an activating group) is 1. The van der Waals surface area contributed by atoms with Crippen LogP contribution in [0.4, 0.5) is 19.3 Å². The molecule has 0 bridgehead atoms. The first-order chi connectivity index (χ1) is 14.7. The van der Waals surface area contributed by atoms with Gasteiger partial charge in [-0.25, -0.2) is 18.5 Å². The average molecular weight is 425 g/mol. The molecule has 2 amide bonds. The highest BCUT2D eigenvalue weighted by atomic mass is 19.1. The van der Waals surface area contributed by atoms with Crippen molar-refractivity contribution < 1.29 is 23.5 Å². The van der Waals surface area contributed by atoms with Crippen LogP contribution in [0.5, 0.6) is 0 Å². The summed E-state index contributed by atoms with van der Waals surface area (Å²) in [6, 6.07) is 10.6. The lowest BCUT2D eigenvalue weighted by Crippen LogP contribution is -2.41. The molecule has 0 aliphatic heterocycles. The monoisotopic (exact) mass is 425 g/mol. The Labute approximate surface area is 176 Å². The minimum Gasteiger partial charge on any atom is -0.465 e. The molecule has 2 aromatic rings. The number of carbonyl (C=O) groups excluding carboxylic acids is 1. The zero-order valence-electron chi connectivity index (χ0n) is 16.6. The molecule has 8 nitrogen and oxygen atoms in total. The van der Waals surface area contributed by atoms with Crippen molar-refractivity contribution in [3.63, 3.8) is 0 Å². The molecule has 2 unspecified atom stereocenters. The van der Waals surface area contributed by atoms with E-state index >= 15 is 0 Å². The predicted octanol–water partition coefficient (Wildman–Crippen LogP) is 4.30. The molecule has 2 atom stereocenters. The van der Waals surface area contributed by atoms with Crippen molar-refractivity contribution in [1.82, 2.24) is 4.90 Å². The van der Waals surface area contributed by atoms with Crippen LogP contribution in [0.2, 0.25) is 0 Å². The largest absolute Gasteiger partial charge is 0.465 e. The van der Waals surface area contributed by atoms with Gasteiger partial charge in [-0.05, 0) is 37.6 Å². The lowest BCUT2D eigenvalue weighted by molar-refractivity contribution is -0.129. The highest BCUT2D eigenvalue weighted by Crippen LogP contribution is 2.34. The highest BCUT2D eigenvalue weighted by molar-refractivity contribution is 5.95. The number of nitriles is 2. The summed E-state index contributed by atoms with van der Waals surface area (Å²) < 4.78 is 28.0. The maximum Gasteiger partial charge on any atom is 0.414 e. The van der Waals surface area contributed by atoms with Crippen LogP contribution in [0.3, 0.4) is 0 Å². The van der Waals surface area contributed by atoms with Crippen LogP contribution in [-0.2, 0) is 10.2 Å². The number of azo groups is 1. The second kappa shape index (κ2) is 9.55. The number of halogens is 2. The Morgan fingerprint density at radius 1 is 1.19 bits per heavy atom. The summed E-state index contributed by atoms with van der Waals surface area (Å²) in [6.07, 6.45) is -1.53. The van der Waals surface area contributed by atoms with Crippen molar-refractivity contribution in [1.29, 1.82) is 10.5 Å². The van der Waals surface area contributed by atoms with Gasteiger partial charge < -0.3 is 5.11 Å². The van der Waals surface area contributed by atoms with Crippen molar-refractivity contribution in [3.05, 3.63) is 65.2 Å². The number of carbonyl (C=O) groups is 2. The number of nitrogens with zero attached hydrogens (tertiary/aromatic N) is 5. The summed E-state index contributed by atoms with van der Waals surface area (Å²) in [4.78, 5) is 23.5. The van der Waals surface area contributed by atoms with E-state index in [2.05, 4.69) is 10.2 Å². The molecule has 0 saturated carbocycles. The second-order valence-corrected chi connectivity index (χ2v) is 6.52. The van der Waals surface area contributed by atoms with Crippen LogP contribution in [0.1, 0.15) is 25.0 Å². The van der Waals surface area contributed by atoms with Gasteiger partial charge in [-0.1, -0.05) is 18.2 Å². The van der Waals surface area contributed by atoms with E-state index in [0.717, 1.165) is 6.07 Å². The first kappa shape index (κ1) is 23.1. The van der Waals surface area contributed by atoms with E-state index in [4.69, 9.17) is 10.4 Å².